The van der Waals surface area contributed by atoms with Gasteiger partial charge in [0.25, 0.3) is 0 Å². The molecule has 142 valence electrons. The lowest BCUT2D eigenvalue weighted by atomic mass is 9.63. The van der Waals surface area contributed by atoms with Crippen molar-refractivity contribution in [3.8, 4) is 0 Å². The molecule has 2 fully saturated rings. The van der Waals surface area contributed by atoms with Gasteiger partial charge in [0.15, 0.2) is 0 Å². The molecule has 3 amide bonds. The predicted molar refractivity (Wildman–Crippen MR) is 106 cm³/mol. The lowest BCUT2D eigenvalue weighted by Crippen LogP contribution is -2.46. The maximum atomic E-state index is 13.0. The molecule has 3 aliphatic carbocycles. The number of fused-ring (bicyclic) bond motifs is 2. The van der Waals surface area contributed by atoms with Gasteiger partial charge in [0.2, 0.25) is 17.7 Å². The molecule has 5 heteroatoms. The molecule has 0 aromatic heterocycles. The normalized spacial score (nSPS) is 29.2. The van der Waals surface area contributed by atoms with E-state index in [0.717, 1.165) is 23.6 Å². The number of benzene rings is 2. The van der Waals surface area contributed by atoms with Gasteiger partial charge in [0.1, 0.15) is 6.04 Å². The maximum absolute atomic E-state index is 13.0. The number of nitrogens with one attached hydrogen (secondary N) is 1. The first-order valence-corrected chi connectivity index (χ1v) is 9.90. The maximum Gasteiger partial charge on any atom is 0.247 e. The average molecular weight is 374 g/mol. The number of imide groups is 1. The highest BCUT2D eigenvalue weighted by Crippen LogP contribution is 2.50. The van der Waals surface area contributed by atoms with Crippen LogP contribution in [0.15, 0.2) is 54.6 Å². The van der Waals surface area contributed by atoms with Crippen LogP contribution in [0.1, 0.15) is 19.8 Å². The van der Waals surface area contributed by atoms with Crippen LogP contribution in [0.3, 0.4) is 0 Å². The minimum atomic E-state index is -0.830. The average Bonchev–Trinajstić information content (AvgIpc) is 3.01. The van der Waals surface area contributed by atoms with Gasteiger partial charge in [-0.25, -0.2) is 0 Å². The van der Waals surface area contributed by atoms with Crippen LogP contribution >= 0.6 is 0 Å². The first kappa shape index (κ1) is 17.2. The molecule has 4 aliphatic rings. The Morgan fingerprint density at radius 3 is 2.21 bits per heavy atom. The SMILES string of the molecule is C[C@H](C(=O)Nc1cccc2ccccc12)N1C(=O)[C@@H]2[C@H](C1=O)[C@H]1C=C[C@H]2CC1. The van der Waals surface area contributed by atoms with Gasteiger partial charge in [0, 0.05) is 11.1 Å². The quantitative estimate of drug-likeness (QED) is 0.662. The van der Waals surface area contributed by atoms with Crippen molar-refractivity contribution in [3.63, 3.8) is 0 Å². The number of likely N-dealkylation sites (tertiary alicyclic amines) is 1. The van der Waals surface area contributed by atoms with Crippen LogP contribution in [0.2, 0.25) is 0 Å². The third-order valence-corrected chi connectivity index (χ3v) is 6.61. The number of nitrogens with zero attached hydrogens (tertiary/aromatic N) is 1. The Labute approximate surface area is 163 Å². The molecular formula is C23H22N2O3. The van der Waals surface area contributed by atoms with Crippen molar-refractivity contribution < 1.29 is 14.4 Å². The summed E-state index contributed by atoms with van der Waals surface area (Å²) in [5, 5.41) is 4.88. The van der Waals surface area contributed by atoms with Crippen molar-refractivity contribution in [2.75, 3.05) is 5.32 Å². The van der Waals surface area contributed by atoms with E-state index in [-0.39, 0.29) is 41.4 Å². The number of carbonyl (C=O) groups is 3. The topological polar surface area (TPSA) is 66.5 Å². The molecule has 0 spiro atoms. The number of carbonyl (C=O) groups excluding carboxylic acids is 3. The summed E-state index contributed by atoms with van der Waals surface area (Å²) in [6.45, 7) is 1.64. The van der Waals surface area contributed by atoms with Gasteiger partial charge < -0.3 is 5.32 Å². The van der Waals surface area contributed by atoms with E-state index in [0.29, 0.717) is 5.69 Å². The third-order valence-electron chi connectivity index (χ3n) is 6.61. The summed E-state index contributed by atoms with van der Waals surface area (Å²) in [5.74, 6) is -1.02. The van der Waals surface area contributed by atoms with Gasteiger partial charge in [-0.1, -0.05) is 48.6 Å². The van der Waals surface area contributed by atoms with Crippen LogP contribution in [0.5, 0.6) is 0 Å². The van der Waals surface area contributed by atoms with E-state index in [1.807, 2.05) is 42.5 Å². The molecule has 2 aromatic carbocycles. The Morgan fingerprint density at radius 2 is 1.57 bits per heavy atom. The standard InChI is InChI=1S/C23H22N2O3/c1-13(21(26)24-18-8-4-6-14-5-2-3-7-17(14)18)25-22(27)19-15-9-10-16(12-11-15)20(19)23(25)28/h2-10,13,15-16,19-20H,11-12H2,1H3,(H,24,26)/t13-,15+,16+,19-,20+/m1/s1. The molecule has 1 heterocycles. The van der Waals surface area contributed by atoms with Gasteiger partial charge >= 0.3 is 0 Å². The Balaban J connectivity index is 1.40. The Kier molecular flexibility index (Phi) is 3.86. The molecule has 1 saturated carbocycles. The fourth-order valence-corrected chi connectivity index (χ4v) is 5.17. The molecule has 5 nitrogen and oxygen atoms in total. The van der Waals surface area contributed by atoms with Crippen molar-refractivity contribution >= 4 is 34.2 Å². The summed E-state index contributed by atoms with van der Waals surface area (Å²) in [5.41, 5.74) is 0.688. The molecule has 1 aliphatic heterocycles. The van der Waals surface area contributed by atoms with Gasteiger partial charge in [-0.2, -0.15) is 0 Å². The number of hydrogen-bond acceptors (Lipinski definition) is 3. The number of rotatable bonds is 3. The fourth-order valence-electron chi connectivity index (χ4n) is 5.17. The second kappa shape index (κ2) is 6.30. The lowest BCUT2D eigenvalue weighted by molar-refractivity contribution is -0.146. The summed E-state index contributed by atoms with van der Waals surface area (Å²) in [6, 6.07) is 12.7. The largest absolute Gasteiger partial charge is 0.324 e. The van der Waals surface area contributed by atoms with Gasteiger partial charge in [-0.05, 0) is 43.1 Å². The van der Waals surface area contributed by atoms with E-state index in [9.17, 15) is 14.4 Å². The highest BCUT2D eigenvalue weighted by atomic mass is 16.2. The summed E-state index contributed by atoms with van der Waals surface area (Å²) < 4.78 is 0. The summed E-state index contributed by atoms with van der Waals surface area (Å²) >= 11 is 0. The van der Waals surface area contributed by atoms with E-state index in [1.54, 1.807) is 6.92 Å². The zero-order valence-electron chi connectivity index (χ0n) is 15.7. The van der Waals surface area contributed by atoms with Crippen LogP contribution < -0.4 is 5.32 Å². The first-order chi connectivity index (χ1) is 13.6. The zero-order valence-corrected chi connectivity index (χ0v) is 15.7. The van der Waals surface area contributed by atoms with Crippen molar-refractivity contribution in [2.45, 2.75) is 25.8 Å². The summed E-state index contributed by atoms with van der Waals surface area (Å²) in [7, 11) is 0. The number of amides is 3. The van der Waals surface area contributed by atoms with E-state index < -0.39 is 6.04 Å². The van der Waals surface area contributed by atoms with Crippen molar-refractivity contribution in [1.82, 2.24) is 4.90 Å². The Morgan fingerprint density at radius 1 is 0.964 bits per heavy atom. The monoisotopic (exact) mass is 374 g/mol. The van der Waals surface area contributed by atoms with Gasteiger partial charge in [-0.3, -0.25) is 19.3 Å². The Bertz CT molecular complexity index is 990. The van der Waals surface area contributed by atoms with E-state index in [1.165, 1.54) is 4.90 Å². The first-order valence-electron chi connectivity index (χ1n) is 9.90. The van der Waals surface area contributed by atoms with Crippen molar-refractivity contribution in [2.24, 2.45) is 23.7 Å². The van der Waals surface area contributed by atoms with E-state index in [2.05, 4.69) is 17.5 Å². The highest BCUT2D eigenvalue weighted by Gasteiger charge is 2.58. The molecule has 0 unspecified atom stereocenters. The molecule has 0 radical (unpaired) electrons. The molecule has 6 rings (SSSR count). The van der Waals surface area contributed by atoms with E-state index >= 15 is 0 Å². The van der Waals surface area contributed by atoms with Gasteiger partial charge in [0.05, 0.1) is 11.8 Å². The molecule has 1 N–H and O–H groups in total. The number of anilines is 1. The second-order valence-corrected chi connectivity index (χ2v) is 8.08. The molecule has 2 aromatic rings. The minimum Gasteiger partial charge on any atom is -0.324 e. The van der Waals surface area contributed by atoms with Crippen LogP contribution in [0.25, 0.3) is 10.8 Å². The van der Waals surface area contributed by atoms with Crippen LogP contribution in [0, 0.1) is 23.7 Å². The van der Waals surface area contributed by atoms with E-state index in [4.69, 9.17) is 0 Å². The number of hydrogen-bond donors (Lipinski definition) is 1. The molecule has 5 atom stereocenters. The minimum absolute atomic E-state index is 0.129. The van der Waals surface area contributed by atoms with Crippen LogP contribution in [-0.4, -0.2) is 28.7 Å². The van der Waals surface area contributed by atoms with Crippen molar-refractivity contribution in [1.29, 1.82) is 0 Å². The fraction of sp³-hybridized carbons (Fsp3) is 0.348. The zero-order chi connectivity index (χ0) is 19.4. The summed E-state index contributed by atoms with van der Waals surface area (Å²) in [4.78, 5) is 40.2. The summed E-state index contributed by atoms with van der Waals surface area (Å²) in [6.07, 6.45) is 6.08. The number of allylic oxidation sites excluding steroid dienone is 2. The second-order valence-electron chi connectivity index (χ2n) is 8.08. The highest BCUT2D eigenvalue weighted by molar-refractivity contribution is 6.11. The smallest absolute Gasteiger partial charge is 0.247 e. The van der Waals surface area contributed by atoms with Gasteiger partial charge in [-0.15, -0.1) is 0 Å². The molecule has 2 bridgehead atoms. The molecule has 1 saturated heterocycles. The Hall–Kier alpha value is -2.95. The third kappa shape index (κ3) is 2.42. The molecular weight excluding hydrogens is 352 g/mol. The predicted octanol–water partition coefficient (Wildman–Crippen LogP) is 3.36. The van der Waals surface area contributed by atoms with Crippen LogP contribution in [-0.2, 0) is 14.4 Å². The molecule has 28 heavy (non-hydrogen) atoms. The van der Waals surface area contributed by atoms with Crippen LogP contribution in [0.4, 0.5) is 5.69 Å². The lowest BCUT2D eigenvalue weighted by Gasteiger charge is -2.38. The van der Waals surface area contributed by atoms with Crippen molar-refractivity contribution in [3.05, 3.63) is 54.6 Å².